The molecule has 13 heteroatoms. The predicted octanol–water partition coefficient (Wildman–Crippen LogP) is 2.35. The molecule has 2 atom stereocenters. The smallest absolute Gasteiger partial charge is 0.255 e. The van der Waals surface area contributed by atoms with Crippen LogP contribution in [-0.4, -0.2) is 76.0 Å². The number of carbonyl (C=O) groups is 1. The van der Waals surface area contributed by atoms with Crippen LogP contribution in [0.4, 0.5) is 22.0 Å². The van der Waals surface area contributed by atoms with Crippen molar-refractivity contribution in [2.45, 2.75) is 44.9 Å². The lowest BCUT2D eigenvalue weighted by Crippen LogP contribution is -2.58. The van der Waals surface area contributed by atoms with Crippen molar-refractivity contribution in [2.75, 3.05) is 23.3 Å². The summed E-state index contributed by atoms with van der Waals surface area (Å²) in [5, 5.41) is 24.0. The van der Waals surface area contributed by atoms with Crippen LogP contribution in [-0.2, 0) is 6.61 Å². The van der Waals surface area contributed by atoms with Crippen molar-refractivity contribution < 1.29 is 14.3 Å². The number of H-pyrrole nitrogens is 1. The average Bonchev–Trinajstić information content (AvgIpc) is 3.42. The molecule has 12 nitrogen and oxygen atoms in total. The zero-order valence-corrected chi connectivity index (χ0v) is 20.7. The third-order valence-corrected chi connectivity index (χ3v) is 6.96. The van der Waals surface area contributed by atoms with Gasteiger partial charge in [-0.1, -0.05) is 0 Å². The summed E-state index contributed by atoms with van der Waals surface area (Å²) in [7, 11) is 0. The van der Waals surface area contributed by atoms with E-state index in [0.29, 0.717) is 47.7 Å². The first-order valence-electron chi connectivity index (χ1n) is 12.5. The summed E-state index contributed by atoms with van der Waals surface area (Å²) in [6.45, 7) is 2.81. The van der Waals surface area contributed by atoms with Crippen LogP contribution in [0.3, 0.4) is 0 Å². The number of pyridine rings is 1. The summed E-state index contributed by atoms with van der Waals surface area (Å²) in [6.07, 6.45) is 6.60. The second-order valence-electron chi connectivity index (χ2n) is 9.62. The van der Waals surface area contributed by atoms with Crippen molar-refractivity contribution in [1.82, 2.24) is 39.8 Å². The number of aliphatic hydroxyl groups is 1. The minimum atomic E-state index is -0.454. The lowest BCUT2D eigenvalue weighted by molar-refractivity contribution is 0.0637. The molecule has 3 aliphatic heterocycles. The lowest BCUT2D eigenvalue weighted by Gasteiger charge is -2.44. The minimum Gasteiger partial charge on any atom is -0.390 e. The van der Waals surface area contributed by atoms with Gasteiger partial charge in [0, 0.05) is 49.2 Å². The number of rotatable bonds is 6. The summed E-state index contributed by atoms with van der Waals surface area (Å²) in [5.74, 6) is 1.58. The van der Waals surface area contributed by atoms with Gasteiger partial charge in [-0.15, -0.1) is 0 Å². The first kappa shape index (κ1) is 24.0. The molecule has 7 heterocycles. The number of nitrogens with zero attached hydrogens (tertiary/aromatic N) is 8. The van der Waals surface area contributed by atoms with Gasteiger partial charge in [0.25, 0.3) is 5.91 Å². The van der Waals surface area contributed by atoms with E-state index in [0.717, 1.165) is 31.2 Å². The monoisotopic (exact) mass is 518 g/mol. The van der Waals surface area contributed by atoms with Crippen LogP contribution in [0.5, 0.6) is 0 Å². The van der Waals surface area contributed by atoms with Gasteiger partial charge in [0.05, 0.1) is 30.3 Å². The molecule has 7 rings (SSSR count). The molecule has 4 aromatic heterocycles. The second-order valence-corrected chi connectivity index (χ2v) is 9.62. The van der Waals surface area contributed by atoms with Crippen LogP contribution in [0.25, 0.3) is 5.82 Å². The molecule has 0 saturated carbocycles. The number of anilines is 3. The first-order valence-corrected chi connectivity index (χ1v) is 12.5. The molecule has 3 fully saturated rings. The fraction of sp³-hybridized carbons (Fsp3) is 0.360. The van der Waals surface area contributed by atoms with Crippen LogP contribution < -0.4 is 10.2 Å². The largest absolute Gasteiger partial charge is 0.390 e. The van der Waals surface area contributed by atoms with Crippen molar-refractivity contribution in [1.29, 1.82) is 0 Å². The van der Waals surface area contributed by atoms with E-state index in [1.54, 1.807) is 18.2 Å². The summed E-state index contributed by atoms with van der Waals surface area (Å²) in [4.78, 5) is 31.2. The normalized spacial score (nSPS) is 19.0. The fourth-order valence-corrected chi connectivity index (χ4v) is 5.14. The molecule has 3 N–H and O–H groups in total. The number of aromatic amines is 1. The van der Waals surface area contributed by atoms with Crippen molar-refractivity contribution >= 4 is 23.5 Å². The zero-order valence-electron chi connectivity index (χ0n) is 20.7. The molecule has 0 spiro atoms. The Hall–Kier alpha value is -4.39. The highest BCUT2D eigenvalue weighted by molar-refractivity contribution is 5.94. The van der Waals surface area contributed by atoms with Crippen LogP contribution in [0, 0.1) is 12.7 Å². The Balaban J connectivity index is 1.22. The Morgan fingerprint density at radius 3 is 2.74 bits per heavy atom. The summed E-state index contributed by atoms with van der Waals surface area (Å²) >= 11 is 0. The van der Waals surface area contributed by atoms with Gasteiger partial charge in [0.1, 0.15) is 5.82 Å². The van der Waals surface area contributed by atoms with Gasteiger partial charge in [-0.25, -0.2) is 19.0 Å². The number of aromatic nitrogens is 7. The number of piperazine rings is 1. The molecule has 38 heavy (non-hydrogen) atoms. The summed E-state index contributed by atoms with van der Waals surface area (Å²) in [5.41, 5.74) is 1.89. The molecule has 3 saturated heterocycles. The quantitative estimate of drug-likeness (QED) is 0.351. The van der Waals surface area contributed by atoms with E-state index in [2.05, 4.69) is 35.5 Å². The number of hydrogen-bond acceptors (Lipinski definition) is 9. The van der Waals surface area contributed by atoms with E-state index in [-0.39, 0.29) is 24.6 Å². The van der Waals surface area contributed by atoms with Crippen molar-refractivity contribution in [3.63, 3.8) is 0 Å². The Bertz CT molecular complexity index is 1450. The average molecular weight is 519 g/mol. The standard InChI is InChI=1S/C25H27FN10O2/c1-15-7-22(33-32-15)30-21-8-18(14-37)29-25(31-21)35-13-19-3-2-4-20(35)12-34(19)24(38)16-5-6-23(27-9-16)36-11-17(26)10-28-36/h5-11,19-20,37H,2-4,12-14H2,1H3,(H2,29,30,31,32,33). The maximum absolute atomic E-state index is 13.5. The topological polar surface area (TPSA) is 141 Å². The molecule has 4 aromatic rings. The molecular weight excluding hydrogens is 491 g/mol. The van der Waals surface area contributed by atoms with Crippen molar-refractivity contribution in [3.8, 4) is 5.82 Å². The number of hydrogen-bond donors (Lipinski definition) is 3. The van der Waals surface area contributed by atoms with E-state index < -0.39 is 5.82 Å². The van der Waals surface area contributed by atoms with Gasteiger partial charge < -0.3 is 20.2 Å². The third-order valence-electron chi connectivity index (χ3n) is 6.96. The van der Waals surface area contributed by atoms with Gasteiger partial charge >= 0.3 is 0 Å². The van der Waals surface area contributed by atoms with E-state index in [4.69, 9.17) is 4.98 Å². The van der Waals surface area contributed by atoms with E-state index in [1.807, 2.05) is 17.9 Å². The van der Waals surface area contributed by atoms with E-state index in [9.17, 15) is 14.3 Å². The molecule has 0 aromatic carbocycles. The third kappa shape index (κ3) is 4.67. The van der Waals surface area contributed by atoms with Gasteiger partial charge in [0.2, 0.25) is 5.95 Å². The Labute approximate surface area is 217 Å². The van der Waals surface area contributed by atoms with E-state index in [1.165, 1.54) is 17.1 Å². The molecular formula is C25H27FN10O2. The zero-order chi connectivity index (χ0) is 26.2. The summed E-state index contributed by atoms with van der Waals surface area (Å²) in [6, 6.07) is 6.94. The molecule has 196 valence electrons. The molecule has 2 bridgehead atoms. The predicted molar refractivity (Wildman–Crippen MR) is 136 cm³/mol. The molecule has 1 amide bonds. The number of nitrogens with one attached hydrogen (secondary N) is 2. The molecule has 0 aliphatic carbocycles. The Morgan fingerprint density at radius 1 is 1.16 bits per heavy atom. The minimum absolute atomic E-state index is 0.0204. The fourth-order valence-electron chi connectivity index (χ4n) is 5.14. The lowest BCUT2D eigenvalue weighted by atomic mass is 10.1. The highest BCUT2D eigenvalue weighted by Gasteiger charge is 2.40. The van der Waals surface area contributed by atoms with Crippen LogP contribution in [0.15, 0.2) is 42.9 Å². The number of aryl methyl sites for hydroxylation is 1. The molecule has 0 radical (unpaired) electrons. The van der Waals surface area contributed by atoms with Gasteiger partial charge in [-0.2, -0.15) is 15.2 Å². The number of halogens is 1. The maximum Gasteiger partial charge on any atom is 0.255 e. The SMILES string of the molecule is Cc1cc(Nc2cc(CO)nc(N3CC4CCCC3CN4C(=O)c3ccc(-n4cc(F)cn4)nc3)n2)n[nH]1. The van der Waals surface area contributed by atoms with E-state index >= 15 is 0 Å². The maximum atomic E-state index is 13.5. The highest BCUT2D eigenvalue weighted by atomic mass is 19.1. The molecule has 3 aliphatic rings. The van der Waals surface area contributed by atoms with Crippen LogP contribution in [0.1, 0.15) is 41.0 Å². The van der Waals surface area contributed by atoms with Gasteiger partial charge in [0.15, 0.2) is 17.5 Å². The number of aliphatic hydroxyl groups excluding tert-OH is 1. The Kier molecular flexibility index (Phi) is 6.19. The van der Waals surface area contributed by atoms with Crippen molar-refractivity contribution in [2.24, 2.45) is 0 Å². The Morgan fingerprint density at radius 2 is 2.03 bits per heavy atom. The van der Waals surface area contributed by atoms with Crippen LogP contribution >= 0.6 is 0 Å². The number of amides is 1. The number of carbonyl (C=O) groups excluding carboxylic acids is 1. The second kappa shape index (κ2) is 9.82. The van der Waals surface area contributed by atoms with Crippen LogP contribution in [0.2, 0.25) is 0 Å². The van der Waals surface area contributed by atoms with Gasteiger partial charge in [-0.3, -0.25) is 9.89 Å². The van der Waals surface area contributed by atoms with Gasteiger partial charge in [-0.05, 0) is 38.3 Å². The first-order chi connectivity index (χ1) is 18.5. The number of fused-ring (bicyclic) bond motifs is 4. The summed E-state index contributed by atoms with van der Waals surface area (Å²) < 4.78 is 14.6. The van der Waals surface area contributed by atoms with Crippen molar-refractivity contribution in [3.05, 3.63) is 65.6 Å². The highest BCUT2D eigenvalue weighted by Crippen LogP contribution is 2.32. The molecule has 2 unspecified atom stereocenters.